The maximum atomic E-state index is 2.48. The molecule has 3 aliphatic carbocycles. The number of aryl methyl sites for hydroxylation is 1. The summed E-state index contributed by atoms with van der Waals surface area (Å²) in [6, 6.07) is 53.7. The van der Waals surface area contributed by atoms with E-state index in [1.54, 1.807) is 0 Å². The Labute approximate surface area is 338 Å². The first kappa shape index (κ1) is 33.1. The molecule has 3 aromatic heterocycles. The Hall–Kier alpha value is -7.04. The van der Waals surface area contributed by atoms with E-state index in [-0.39, 0.29) is 0 Å². The molecule has 278 valence electrons. The average molecular weight is 747 g/mol. The third kappa shape index (κ3) is 5.08. The van der Waals surface area contributed by atoms with Gasteiger partial charge in [-0.05, 0) is 164 Å². The first-order valence-electron chi connectivity index (χ1n) is 20.8. The van der Waals surface area contributed by atoms with Crippen LogP contribution in [0.25, 0.3) is 68.0 Å². The number of fused-ring (bicyclic) bond motifs is 9. The monoisotopic (exact) mass is 746 g/mol. The normalized spacial score (nSPS) is 14.3. The van der Waals surface area contributed by atoms with Gasteiger partial charge in [-0.15, -0.1) is 0 Å². The summed E-state index contributed by atoms with van der Waals surface area (Å²) in [6.45, 7) is 0. The molecule has 12 rings (SSSR count). The fourth-order valence-electron chi connectivity index (χ4n) is 10.1. The molecule has 0 fully saturated rings. The quantitative estimate of drug-likeness (QED) is 0.166. The van der Waals surface area contributed by atoms with Crippen LogP contribution in [0.4, 0.5) is 17.1 Å². The largest absolute Gasteiger partial charge is 0.310 e. The number of rotatable bonds is 6. The fraction of sp³-hybridized carbons (Fsp3) is 0.111. The minimum absolute atomic E-state index is 1.08. The average Bonchev–Trinajstić information content (AvgIpc) is 3.93. The van der Waals surface area contributed by atoms with Gasteiger partial charge in [-0.3, -0.25) is 0 Å². The van der Waals surface area contributed by atoms with Gasteiger partial charge in [-0.2, -0.15) is 0 Å². The van der Waals surface area contributed by atoms with Gasteiger partial charge in [0.2, 0.25) is 0 Å². The first-order valence-corrected chi connectivity index (χ1v) is 20.8. The smallest absolute Gasteiger partial charge is 0.0541 e. The van der Waals surface area contributed by atoms with E-state index in [9.17, 15) is 0 Å². The molecule has 0 radical (unpaired) electrons. The van der Waals surface area contributed by atoms with Gasteiger partial charge in [0.1, 0.15) is 0 Å². The van der Waals surface area contributed by atoms with E-state index in [4.69, 9.17) is 0 Å². The molecule has 0 saturated carbocycles. The molecule has 9 aromatic rings. The zero-order chi connectivity index (χ0) is 38.2. The summed E-state index contributed by atoms with van der Waals surface area (Å²) in [5.41, 5.74) is 19.1. The summed E-state index contributed by atoms with van der Waals surface area (Å²) in [4.78, 5) is 2.40. The second-order valence-corrected chi connectivity index (χ2v) is 15.9. The van der Waals surface area contributed by atoms with Crippen LogP contribution in [0.2, 0.25) is 0 Å². The van der Waals surface area contributed by atoms with E-state index in [1.807, 2.05) is 0 Å². The van der Waals surface area contributed by atoms with Crippen molar-refractivity contribution in [3.8, 4) is 17.1 Å². The van der Waals surface area contributed by atoms with Crippen LogP contribution < -0.4 is 4.90 Å². The zero-order valence-electron chi connectivity index (χ0n) is 32.4. The molecule has 6 aromatic carbocycles. The van der Waals surface area contributed by atoms with Crippen LogP contribution in [0.3, 0.4) is 0 Å². The third-order valence-corrected chi connectivity index (χ3v) is 12.7. The SMILES string of the molecule is C1=Cc2c(c3c(n2-c2ccc(N(c4ccc(-n5c6c(c7ccccc75)CCC=C6)cc4)c4ccc(-n5c6ccccc6c6ccccc65)cc4)cc2)C=CCC3)CC1. The van der Waals surface area contributed by atoms with Crippen LogP contribution in [0.5, 0.6) is 0 Å². The van der Waals surface area contributed by atoms with E-state index < -0.39 is 0 Å². The highest BCUT2D eigenvalue weighted by Gasteiger charge is 2.24. The highest BCUT2D eigenvalue weighted by atomic mass is 15.1. The van der Waals surface area contributed by atoms with Crippen molar-refractivity contribution in [3.63, 3.8) is 0 Å². The van der Waals surface area contributed by atoms with Crippen LogP contribution in [0, 0.1) is 0 Å². The summed E-state index contributed by atoms with van der Waals surface area (Å²) < 4.78 is 7.31. The van der Waals surface area contributed by atoms with Crippen LogP contribution in [-0.2, 0) is 19.3 Å². The number of nitrogens with zero attached hydrogens (tertiary/aromatic N) is 4. The second kappa shape index (κ2) is 13.3. The Morgan fingerprint density at radius 3 is 1.17 bits per heavy atom. The molecule has 3 heterocycles. The number of hydrogen-bond donors (Lipinski definition) is 0. The van der Waals surface area contributed by atoms with Gasteiger partial charge in [0.15, 0.2) is 0 Å². The van der Waals surface area contributed by atoms with E-state index in [2.05, 4.69) is 201 Å². The van der Waals surface area contributed by atoms with Crippen LogP contribution in [0.15, 0.2) is 164 Å². The number of allylic oxidation sites excluding steroid dienone is 3. The van der Waals surface area contributed by atoms with Crippen molar-refractivity contribution in [3.05, 3.63) is 198 Å². The Bertz CT molecular complexity index is 3050. The molecule has 0 saturated heterocycles. The van der Waals surface area contributed by atoms with Gasteiger partial charge < -0.3 is 18.6 Å². The number of aromatic nitrogens is 3. The number of anilines is 3. The Morgan fingerprint density at radius 1 is 0.328 bits per heavy atom. The molecular weight excluding hydrogens is 705 g/mol. The summed E-state index contributed by atoms with van der Waals surface area (Å²) in [5, 5.41) is 3.90. The molecule has 4 nitrogen and oxygen atoms in total. The van der Waals surface area contributed by atoms with Crippen LogP contribution in [0.1, 0.15) is 53.0 Å². The van der Waals surface area contributed by atoms with Gasteiger partial charge in [-0.25, -0.2) is 0 Å². The van der Waals surface area contributed by atoms with E-state index in [1.165, 1.54) is 77.9 Å². The van der Waals surface area contributed by atoms with Gasteiger partial charge >= 0.3 is 0 Å². The maximum absolute atomic E-state index is 2.48. The Balaban J connectivity index is 0.980. The van der Waals surface area contributed by atoms with Crippen molar-refractivity contribution in [1.29, 1.82) is 0 Å². The van der Waals surface area contributed by atoms with Gasteiger partial charge in [-0.1, -0.05) is 72.8 Å². The molecule has 0 atom stereocenters. The van der Waals surface area contributed by atoms with Gasteiger partial charge in [0.25, 0.3) is 0 Å². The molecule has 0 amide bonds. The van der Waals surface area contributed by atoms with Gasteiger partial charge in [0, 0.05) is 67.4 Å². The van der Waals surface area contributed by atoms with Crippen molar-refractivity contribution in [1.82, 2.24) is 13.7 Å². The molecule has 0 N–H and O–H groups in total. The number of hydrogen-bond acceptors (Lipinski definition) is 1. The van der Waals surface area contributed by atoms with Crippen molar-refractivity contribution in [2.75, 3.05) is 4.90 Å². The third-order valence-electron chi connectivity index (χ3n) is 12.7. The fourth-order valence-corrected chi connectivity index (χ4v) is 10.1. The molecular formula is C54H42N4. The molecule has 3 aliphatic rings. The minimum atomic E-state index is 1.08. The zero-order valence-corrected chi connectivity index (χ0v) is 32.4. The summed E-state index contributed by atoms with van der Waals surface area (Å²) >= 11 is 0. The van der Waals surface area contributed by atoms with Crippen molar-refractivity contribution < 1.29 is 0 Å². The summed E-state index contributed by atoms with van der Waals surface area (Å²) in [7, 11) is 0. The van der Waals surface area contributed by atoms with Crippen molar-refractivity contribution in [2.24, 2.45) is 0 Å². The Kier molecular flexibility index (Phi) is 7.59. The number of benzene rings is 6. The predicted molar refractivity (Wildman–Crippen MR) is 244 cm³/mol. The lowest BCUT2D eigenvalue weighted by atomic mass is 9.94. The lowest BCUT2D eigenvalue weighted by molar-refractivity contribution is 0.922. The standard InChI is InChI=1S/C54H42N4/c1-7-19-49-43(13-1)44-14-2-8-20-50(44)56(49)40-31-25-37(26-32-40)55(38-27-33-41(34-28-38)57-51-21-9-3-15-45(51)46-16-4-10-22-52(46)57)39-29-35-42(36-30-39)58-53-23-11-5-17-47(53)48-18-6-12-24-54(48)58/h1-3,7-15,19-36H,4-6,16-18H2. The maximum Gasteiger partial charge on any atom is 0.0541 e. The van der Waals surface area contributed by atoms with E-state index in [0.717, 1.165) is 61.3 Å². The Morgan fingerprint density at radius 2 is 0.690 bits per heavy atom. The van der Waals surface area contributed by atoms with E-state index in [0.29, 0.717) is 0 Å². The van der Waals surface area contributed by atoms with Crippen molar-refractivity contribution in [2.45, 2.75) is 38.5 Å². The lowest BCUT2D eigenvalue weighted by Gasteiger charge is -2.26. The topological polar surface area (TPSA) is 18.0 Å². The van der Waals surface area contributed by atoms with Gasteiger partial charge in [0.05, 0.1) is 16.6 Å². The molecule has 0 bridgehead atoms. The highest BCUT2D eigenvalue weighted by molar-refractivity contribution is 6.09. The molecule has 0 unspecified atom stereocenters. The van der Waals surface area contributed by atoms with Crippen molar-refractivity contribution >= 4 is 68.0 Å². The summed E-state index contributed by atoms with van der Waals surface area (Å²) in [6.07, 6.45) is 20.6. The molecule has 4 heteroatoms. The first-order chi connectivity index (χ1) is 28.8. The van der Waals surface area contributed by atoms with E-state index >= 15 is 0 Å². The molecule has 0 aliphatic heterocycles. The minimum Gasteiger partial charge on any atom is -0.310 e. The molecule has 58 heavy (non-hydrogen) atoms. The summed E-state index contributed by atoms with van der Waals surface area (Å²) in [5.74, 6) is 0. The van der Waals surface area contributed by atoms with Crippen LogP contribution >= 0.6 is 0 Å². The number of para-hydroxylation sites is 3. The second-order valence-electron chi connectivity index (χ2n) is 15.9. The molecule has 0 spiro atoms. The highest BCUT2D eigenvalue weighted by Crippen LogP contribution is 2.41. The predicted octanol–water partition coefficient (Wildman–Crippen LogP) is 13.9. The lowest BCUT2D eigenvalue weighted by Crippen LogP contribution is -2.11. The van der Waals surface area contributed by atoms with Crippen LogP contribution in [-0.4, -0.2) is 13.7 Å².